The van der Waals surface area contributed by atoms with Crippen LogP contribution in [0.25, 0.3) is 11.1 Å². The zero-order valence-corrected chi connectivity index (χ0v) is 19.9. The molecule has 0 spiro atoms. The fourth-order valence-electron chi connectivity index (χ4n) is 5.82. The van der Waals surface area contributed by atoms with E-state index in [1.165, 1.54) is 68.9 Å². The summed E-state index contributed by atoms with van der Waals surface area (Å²) in [6.45, 7) is 6.58. The minimum Gasteiger partial charge on any atom is -0.493 e. The van der Waals surface area contributed by atoms with Gasteiger partial charge in [0.05, 0.1) is 6.61 Å². The Hall–Kier alpha value is -2.28. The van der Waals surface area contributed by atoms with Crippen LogP contribution >= 0.6 is 0 Å². The number of ether oxygens (including phenoxy) is 1. The molecule has 0 saturated heterocycles. The van der Waals surface area contributed by atoms with E-state index in [2.05, 4.69) is 68.1 Å². The first kappa shape index (κ1) is 22.9. The van der Waals surface area contributed by atoms with E-state index in [0.29, 0.717) is 6.61 Å². The van der Waals surface area contributed by atoms with Gasteiger partial charge in [-0.15, -0.1) is 6.58 Å². The fourth-order valence-corrected chi connectivity index (χ4v) is 5.82. The molecule has 1 unspecified atom stereocenters. The van der Waals surface area contributed by atoms with E-state index in [9.17, 15) is 0 Å². The molecule has 1 atom stereocenters. The van der Waals surface area contributed by atoms with E-state index in [-0.39, 0.29) is 0 Å². The molecule has 32 heavy (non-hydrogen) atoms. The molecule has 0 radical (unpaired) electrons. The Morgan fingerprint density at radius 2 is 1.66 bits per heavy atom. The minimum absolute atomic E-state index is 0.695. The monoisotopic (exact) mass is 428 g/mol. The SMILES string of the molecule is C=CCCOc1ccc(-c2ccc3c(c2)CCC(C2CCC(CC/C=C/C)CC2)C3)cc1. The van der Waals surface area contributed by atoms with Gasteiger partial charge in [0, 0.05) is 0 Å². The van der Waals surface area contributed by atoms with Crippen LogP contribution in [-0.2, 0) is 12.8 Å². The molecule has 4 rings (SSSR count). The van der Waals surface area contributed by atoms with Gasteiger partial charge in [0.2, 0.25) is 0 Å². The Labute approximate surface area is 195 Å². The van der Waals surface area contributed by atoms with Gasteiger partial charge in [0.15, 0.2) is 0 Å². The smallest absolute Gasteiger partial charge is 0.119 e. The highest BCUT2D eigenvalue weighted by Gasteiger charge is 2.30. The Bertz CT molecular complexity index is 883. The predicted octanol–water partition coefficient (Wildman–Crippen LogP) is 8.58. The zero-order valence-electron chi connectivity index (χ0n) is 19.9. The van der Waals surface area contributed by atoms with Crippen molar-refractivity contribution in [1.82, 2.24) is 0 Å². The summed E-state index contributed by atoms with van der Waals surface area (Å²) in [5.41, 5.74) is 5.79. The molecule has 0 bridgehead atoms. The lowest BCUT2D eigenvalue weighted by molar-refractivity contribution is 0.185. The second kappa shape index (κ2) is 11.5. The van der Waals surface area contributed by atoms with Gasteiger partial charge in [-0.2, -0.15) is 0 Å². The fraction of sp³-hybridized carbons (Fsp3) is 0.484. The van der Waals surface area contributed by atoms with Crippen molar-refractivity contribution < 1.29 is 4.74 Å². The predicted molar refractivity (Wildman–Crippen MR) is 137 cm³/mol. The van der Waals surface area contributed by atoms with Crippen molar-refractivity contribution in [2.75, 3.05) is 6.61 Å². The summed E-state index contributed by atoms with van der Waals surface area (Å²) >= 11 is 0. The number of fused-ring (bicyclic) bond motifs is 1. The Morgan fingerprint density at radius 1 is 0.875 bits per heavy atom. The molecule has 0 N–H and O–H groups in total. The van der Waals surface area contributed by atoms with Crippen molar-refractivity contribution in [1.29, 1.82) is 0 Å². The molecule has 0 aromatic heterocycles. The Morgan fingerprint density at radius 3 is 2.41 bits per heavy atom. The van der Waals surface area contributed by atoms with Crippen molar-refractivity contribution in [2.45, 2.75) is 71.1 Å². The second-order valence-electron chi connectivity index (χ2n) is 9.86. The van der Waals surface area contributed by atoms with E-state index < -0.39 is 0 Å². The molecular formula is C31H40O. The lowest BCUT2D eigenvalue weighted by Gasteiger charge is -2.36. The third-order valence-electron chi connectivity index (χ3n) is 7.79. The maximum Gasteiger partial charge on any atom is 0.119 e. The lowest BCUT2D eigenvalue weighted by Crippen LogP contribution is -2.26. The molecule has 2 aromatic rings. The molecule has 1 saturated carbocycles. The Balaban J connectivity index is 1.32. The quantitative estimate of drug-likeness (QED) is 0.287. The molecule has 0 aliphatic heterocycles. The standard InChI is InChI=1S/C31H40O/c1-3-5-7-8-24-9-11-25(12-10-24)27-13-15-30-23-28(14-16-29(30)22-27)26-17-19-31(20-18-26)32-21-6-4-2/h3-5,14,16-20,23-25,27H,2,6-13,15,21-22H2,1H3/b5-3+. The van der Waals surface area contributed by atoms with Crippen molar-refractivity contribution >= 4 is 0 Å². The molecule has 0 heterocycles. The molecular weight excluding hydrogens is 388 g/mol. The number of benzene rings is 2. The third-order valence-corrected chi connectivity index (χ3v) is 7.79. The van der Waals surface area contributed by atoms with Crippen LogP contribution in [0.4, 0.5) is 0 Å². The van der Waals surface area contributed by atoms with Gasteiger partial charge in [0.1, 0.15) is 5.75 Å². The van der Waals surface area contributed by atoms with Gasteiger partial charge < -0.3 is 4.74 Å². The van der Waals surface area contributed by atoms with E-state index >= 15 is 0 Å². The topological polar surface area (TPSA) is 9.23 Å². The van der Waals surface area contributed by atoms with Crippen LogP contribution in [0.3, 0.4) is 0 Å². The number of hydrogen-bond acceptors (Lipinski definition) is 1. The van der Waals surface area contributed by atoms with Crippen LogP contribution in [0.2, 0.25) is 0 Å². The van der Waals surface area contributed by atoms with Gasteiger partial charge in [-0.3, -0.25) is 0 Å². The van der Waals surface area contributed by atoms with E-state index in [1.54, 1.807) is 11.1 Å². The number of rotatable bonds is 9. The summed E-state index contributed by atoms with van der Waals surface area (Å²) in [6.07, 6.45) is 19.7. The number of allylic oxidation sites excluding steroid dienone is 2. The minimum atomic E-state index is 0.695. The average Bonchev–Trinajstić information content (AvgIpc) is 2.85. The molecule has 0 amide bonds. The normalized spacial score (nSPS) is 23.1. The van der Waals surface area contributed by atoms with Crippen LogP contribution in [0.15, 0.2) is 67.3 Å². The van der Waals surface area contributed by atoms with Crippen molar-refractivity contribution in [2.24, 2.45) is 17.8 Å². The van der Waals surface area contributed by atoms with Crippen molar-refractivity contribution in [3.05, 3.63) is 78.4 Å². The van der Waals surface area contributed by atoms with Crippen LogP contribution in [0, 0.1) is 17.8 Å². The van der Waals surface area contributed by atoms with E-state index in [0.717, 1.165) is 29.9 Å². The molecule has 2 aliphatic carbocycles. The second-order valence-corrected chi connectivity index (χ2v) is 9.86. The molecule has 170 valence electrons. The highest BCUT2D eigenvalue weighted by atomic mass is 16.5. The largest absolute Gasteiger partial charge is 0.493 e. The first-order valence-corrected chi connectivity index (χ1v) is 12.8. The first-order valence-electron chi connectivity index (χ1n) is 12.8. The number of aryl methyl sites for hydroxylation is 1. The molecule has 2 aromatic carbocycles. The molecule has 1 heteroatoms. The summed E-state index contributed by atoms with van der Waals surface area (Å²) in [6, 6.07) is 15.7. The van der Waals surface area contributed by atoms with E-state index in [1.807, 2.05) is 6.08 Å². The Kier molecular flexibility index (Phi) is 8.26. The van der Waals surface area contributed by atoms with Gasteiger partial charge in [-0.05, 0) is 110 Å². The third kappa shape index (κ3) is 5.94. The molecule has 1 nitrogen and oxygen atoms in total. The van der Waals surface area contributed by atoms with Crippen LogP contribution in [0.5, 0.6) is 5.75 Å². The van der Waals surface area contributed by atoms with Gasteiger partial charge in [-0.1, -0.05) is 61.4 Å². The summed E-state index contributed by atoms with van der Waals surface area (Å²) in [5.74, 6) is 3.76. The maximum absolute atomic E-state index is 5.75. The number of hydrogen-bond donors (Lipinski definition) is 0. The highest BCUT2D eigenvalue weighted by Crippen LogP contribution is 2.41. The van der Waals surface area contributed by atoms with Crippen molar-refractivity contribution in [3.8, 4) is 16.9 Å². The maximum atomic E-state index is 5.75. The summed E-state index contributed by atoms with van der Waals surface area (Å²) in [4.78, 5) is 0. The van der Waals surface area contributed by atoms with Gasteiger partial charge in [-0.25, -0.2) is 0 Å². The zero-order chi connectivity index (χ0) is 22.2. The van der Waals surface area contributed by atoms with Crippen LogP contribution in [-0.4, -0.2) is 6.61 Å². The average molecular weight is 429 g/mol. The van der Waals surface area contributed by atoms with Gasteiger partial charge >= 0.3 is 0 Å². The van der Waals surface area contributed by atoms with Gasteiger partial charge in [0.25, 0.3) is 0 Å². The molecule has 2 aliphatic rings. The van der Waals surface area contributed by atoms with Crippen LogP contribution in [0.1, 0.15) is 69.4 Å². The first-order chi connectivity index (χ1) is 15.8. The molecule has 1 fully saturated rings. The van der Waals surface area contributed by atoms with E-state index in [4.69, 9.17) is 4.74 Å². The van der Waals surface area contributed by atoms with Crippen molar-refractivity contribution in [3.63, 3.8) is 0 Å². The van der Waals surface area contributed by atoms with Crippen LogP contribution < -0.4 is 4.74 Å². The summed E-state index contributed by atoms with van der Waals surface area (Å²) < 4.78 is 5.75. The lowest BCUT2D eigenvalue weighted by atomic mass is 9.69. The summed E-state index contributed by atoms with van der Waals surface area (Å²) in [5, 5.41) is 0. The summed E-state index contributed by atoms with van der Waals surface area (Å²) in [7, 11) is 0. The highest BCUT2D eigenvalue weighted by molar-refractivity contribution is 5.66.